The van der Waals surface area contributed by atoms with Crippen LogP contribution in [0.25, 0.3) is 10.8 Å². The van der Waals surface area contributed by atoms with Crippen molar-refractivity contribution in [2.24, 2.45) is 4.99 Å². The Morgan fingerprint density at radius 1 is 1.00 bits per heavy atom. The van der Waals surface area contributed by atoms with Crippen LogP contribution in [0.1, 0.15) is 6.42 Å². The number of nitrogens with one attached hydrogen (secondary N) is 2. The van der Waals surface area contributed by atoms with Gasteiger partial charge in [0.2, 0.25) is 0 Å². The molecule has 6 heteroatoms. The molecule has 5 nitrogen and oxygen atoms in total. The summed E-state index contributed by atoms with van der Waals surface area (Å²) < 4.78 is 10.8. The summed E-state index contributed by atoms with van der Waals surface area (Å²) in [6.45, 7) is 2.87. The fraction of sp³-hybridized carbons (Fsp3) is 0.389. The highest BCUT2D eigenvalue weighted by atomic mass is 127. The van der Waals surface area contributed by atoms with E-state index in [-0.39, 0.29) is 24.0 Å². The monoisotopic (exact) mass is 443 g/mol. The van der Waals surface area contributed by atoms with Gasteiger partial charge in [-0.05, 0) is 29.3 Å². The zero-order valence-corrected chi connectivity index (χ0v) is 16.6. The van der Waals surface area contributed by atoms with Crippen LogP contribution in [0, 0.1) is 0 Å². The van der Waals surface area contributed by atoms with Crippen molar-refractivity contribution in [3.8, 4) is 5.75 Å². The lowest BCUT2D eigenvalue weighted by atomic mass is 10.1. The summed E-state index contributed by atoms with van der Waals surface area (Å²) in [5, 5.41) is 8.85. The lowest BCUT2D eigenvalue weighted by Crippen LogP contribution is -2.39. The van der Waals surface area contributed by atoms with E-state index in [1.165, 1.54) is 10.8 Å². The van der Waals surface area contributed by atoms with Crippen molar-refractivity contribution in [3.63, 3.8) is 0 Å². The quantitative estimate of drug-likeness (QED) is 0.285. The molecule has 132 valence electrons. The number of halogens is 1. The fourth-order valence-corrected chi connectivity index (χ4v) is 2.22. The highest BCUT2D eigenvalue weighted by Gasteiger charge is 1.99. The normalized spacial score (nSPS) is 11.0. The summed E-state index contributed by atoms with van der Waals surface area (Å²) in [4.78, 5) is 4.15. The number of rotatable bonds is 8. The van der Waals surface area contributed by atoms with Gasteiger partial charge < -0.3 is 20.1 Å². The van der Waals surface area contributed by atoms with E-state index >= 15 is 0 Å². The summed E-state index contributed by atoms with van der Waals surface area (Å²) >= 11 is 0. The smallest absolute Gasteiger partial charge is 0.191 e. The van der Waals surface area contributed by atoms with Gasteiger partial charge in [-0.3, -0.25) is 4.99 Å². The molecule has 0 fully saturated rings. The van der Waals surface area contributed by atoms with Crippen molar-refractivity contribution in [2.75, 3.05) is 40.5 Å². The van der Waals surface area contributed by atoms with E-state index in [4.69, 9.17) is 9.47 Å². The van der Waals surface area contributed by atoms with Crippen LogP contribution in [-0.2, 0) is 4.74 Å². The third kappa shape index (κ3) is 6.92. The molecule has 2 rings (SSSR count). The third-order valence-corrected chi connectivity index (χ3v) is 3.43. The molecule has 0 saturated heterocycles. The zero-order chi connectivity index (χ0) is 16.3. The number of hydrogen-bond donors (Lipinski definition) is 2. The third-order valence-electron chi connectivity index (χ3n) is 3.43. The van der Waals surface area contributed by atoms with Gasteiger partial charge in [0.05, 0.1) is 13.2 Å². The predicted molar refractivity (Wildman–Crippen MR) is 111 cm³/mol. The van der Waals surface area contributed by atoms with Gasteiger partial charge in [-0.25, -0.2) is 0 Å². The van der Waals surface area contributed by atoms with Gasteiger partial charge in [0, 0.05) is 27.2 Å². The minimum atomic E-state index is 0. The lowest BCUT2D eigenvalue weighted by Gasteiger charge is -2.12. The Bertz CT molecular complexity index is 634. The Labute approximate surface area is 160 Å². The van der Waals surface area contributed by atoms with Crippen molar-refractivity contribution in [2.45, 2.75) is 6.42 Å². The van der Waals surface area contributed by atoms with Gasteiger partial charge in [-0.2, -0.15) is 0 Å². The summed E-state index contributed by atoms with van der Waals surface area (Å²) in [7, 11) is 3.44. The Balaban J connectivity index is 0.00000288. The summed E-state index contributed by atoms with van der Waals surface area (Å²) in [6.07, 6.45) is 0.901. The number of ether oxygens (including phenoxy) is 2. The fourth-order valence-electron chi connectivity index (χ4n) is 2.22. The summed E-state index contributed by atoms with van der Waals surface area (Å²) in [6, 6.07) is 14.5. The maximum absolute atomic E-state index is 5.81. The molecule has 0 aromatic heterocycles. The topological polar surface area (TPSA) is 54.9 Å². The first kappa shape index (κ1) is 20.5. The number of hydrogen-bond acceptors (Lipinski definition) is 3. The number of nitrogens with zero attached hydrogens (tertiary/aromatic N) is 1. The molecular formula is C18H26IN3O2. The molecule has 0 unspecified atom stereocenters. The van der Waals surface area contributed by atoms with E-state index in [1.807, 2.05) is 18.2 Å². The second kappa shape index (κ2) is 11.9. The number of methoxy groups -OCH3 is 1. The minimum Gasteiger partial charge on any atom is -0.494 e. The lowest BCUT2D eigenvalue weighted by molar-refractivity contribution is 0.203. The standard InChI is InChI=1S/C18H25N3O2.HI/c1-19-18(21-11-13-22-2)20-10-5-12-23-17-9-8-15-6-3-4-7-16(15)14-17;/h3-4,6-9,14H,5,10-13H2,1-2H3,(H2,19,20,21);1H. The van der Waals surface area contributed by atoms with Gasteiger partial charge in [-0.15, -0.1) is 24.0 Å². The molecule has 2 aromatic carbocycles. The highest BCUT2D eigenvalue weighted by Crippen LogP contribution is 2.20. The van der Waals surface area contributed by atoms with Crippen LogP contribution in [-0.4, -0.2) is 46.4 Å². The first-order valence-electron chi connectivity index (χ1n) is 7.88. The van der Waals surface area contributed by atoms with Crippen LogP contribution >= 0.6 is 24.0 Å². The average Bonchev–Trinajstić information content (AvgIpc) is 2.60. The second-order valence-electron chi connectivity index (χ2n) is 5.13. The van der Waals surface area contributed by atoms with Crippen LogP contribution in [0.4, 0.5) is 0 Å². The van der Waals surface area contributed by atoms with Gasteiger partial charge in [-0.1, -0.05) is 30.3 Å². The summed E-state index contributed by atoms with van der Waals surface area (Å²) in [5.41, 5.74) is 0. The maximum Gasteiger partial charge on any atom is 0.191 e. The van der Waals surface area contributed by atoms with Crippen LogP contribution in [0.3, 0.4) is 0 Å². The van der Waals surface area contributed by atoms with Crippen molar-refractivity contribution in [1.29, 1.82) is 0 Å². The number of benzene rings is 2. The van der Waals surface area contributed by atoms with E-state index in [0.717, 1.165) is 31.2 Å². The molecule has 24 heavy (non-hydrogen) atoms. The molecule has 2 aromatic rings. The Kier molecular flexibility index (Phi) is 10.2. The molecule has 0 bridgehead atoms. The number of aliphatic imine (C=N–C) groups is 1. The Morgan fingerprint density at radius 2 is 1.75 bits per heavy atom. The molecule has 2 N–H and O–H groups in total. The zero-order valence-electron chi connectivity index (χ0n) is 14.2. The van der Waals surface area contributed by atoms with Gasteiger partial charge >= 0.3 is 0 Å². The number of fused-ring (bicyclic) bond motifs is 1. The van der Waals surface area contributed by atoms with Gasteiger partial charge in [0.25, 0.3) is 0 Å². The molecule has 0 saturated carbocycles. The first-order chi connectivity index (χ1) is 11.3. The van der Waals surface area contributed by atoms with E-state index in [1.54, 1.807) is 14.2 Å². The molecule has 0 aliphatic heterocycles. The Morgan fingerprint density at radius 3 is 2.50 bits per heavy atom. The van der Waals surface area contributed by atoms with Crippen molar-refractivity contribution in [1.82, 2.24) is 10.6 Å². The Hall–Kier alpha value is -1.54. The molecular weight excluding hydrogens is 417 g/mol. The largest absolute Gasteiger partial charge is 0.494 e. The average molecular weight is 443 g/mol. The van der Waals surface area contributed by atoms with Crippen LogP contribution in [0.2, 0.25) is 0 Å². The molecule has 0 heterocycles. The minimum absolute atomic E-state index is 0. The van der Waals surface area contributed by atoms with Gasteiger partial charge in [0.1, 0.15) is 5.75 Å². The van der Waals surface area contributed by atoms with E-state index in [0.29, 0.717) is 13.2 Å². The maximum atomic E-state index is 5.81. The van der Waals surface area contributed by atoms with Gasteiger partial charge in [0.15, 0.2) is 5.96 Å². The van der Waals surface area contributed by atoms with E-state index in [9.17, 15) is 0 Å². The van der Waals surface area contributed by atoms with Crippen molar-refractivity contribution < 1.29 is 9.47 Å². The molecule has 0 aliphatic carbocycles. The molecule has 0 aliphatic rings. The molecule has 0 amide bonds. The summed E-state index contributed by atoms with van der Waals surface area (Å²) in [5.74, 6) is 1.69. The number of guanidine groups is 1. The van der Waals surface area contributed by atoms with E-state index < -0.39 is 0 Å². The van der Waals surface area contributed by atoms with Crippen LogP contribution in [0.15, 0.2) is 47.5 Å². The molecule has 0 atom stereocenters. The van der Waals surface area contributed by atoms with E-state index in [2.05, 4.69) is 39.9 Å². The molecule has 0 spiro atoms. The van der Waals surface area contributed by atoms with Crippen LogP contribution in [0.5, 0.6) is 5.75 Å². The van der Waals surface area contributed by atoms with Crippen LogP contribution < -0.4 is 15.4 Å². The predicted octanol–water partition coefficient (Wildman–Crippen LogP) is 3.04. The first-order valence-corrected chi connectivity index (χ1v) is 7.88. The van der Waals surface area contributed by atoms with Crippen molar-refractivity contribution in [3.05, 3.63) is 42.5 Å². The van der Waals surface area contributed by atoms with Crippen molar-refractivity contribution >= 4 is 40.7 Å². The highest BCUT2D eigenvalue weighted by molar-refractivity contribution is 14.0. The molecule has 0 radical (unpaired) electrons. The SMILES string of the molecule is CN=C(NCCCOc1ccc2ccccc2c1)NCCOC.I. The second-order valence-corrected chi connectivity index (χ2v) is 5.13.